The monoisotopic (exact) mass is 330 g/mol. The molecule has 0 heterocycles. The van der Waals surface area contributed by atoms with Gasteiger partial charge in [-0.3, -0.25) is 0 Å². The first-order valence-electron chi connectivity index (χ1n) is 4.07. The van der Waals surface area contributed by atoms with Gasteiger partial charge in [-0.1, -0.05) is 0 Å². The largest absolute Gasteiger partial charge is 0.469 e. The molecule has 1 nitrogen and oxygen atoms in total. The Morgan fingerprint density at radius 2 is 0.950 bits per heavy atom. The van der Waals surface area contributed by atoms with Crippen LogP contribution < -0.4 is 0 Å². The standard InChI is InChI=1S/C7H2F12O/c8-1-2-20-3(5(11,12)13,6(14,15)16)4(9,10)7(17,18)19/h1-2H/b2-1-. The molecule has 0 bridgehead atoms. The van der Waals surface area contributed by atoms with Gasteiger partial charge in [0.15, 0.2) is 0 Å². The molecule has 0 N–H and O–H groups in total. The van der Waals surface area contributed by atoms with Crippen molar-refractivity contribution in [3.05, 3.63) is 12.6 Å². The molecule has 0 aromatic heterocycles. The Balaban J connectivity index is 6.45. The molecule has 20 heavy (non-hydrogen) atoms. The molecule has 0 atom stereocenters. The van der Waals surface area contributed by atoms with Crippen LogP contribution in [0.5, 0.6) is 0 Å². The Kier molecular flexibility index (Phi) is 4.59. The van der Waals surface area contributed by atoms with E-state index in [0.29, 0.717) is 0 Å². The fourth-order valence-corrected chi connectivity index (χ4v) is 1.05. The van der Waals surface area contributed by atoms with E-state index in [2.05, 4.69) is 4.74 Å². The molecule has 0 rings (SSSR count). The molecule has 0 aliphatic carbocycles. The van der Waals surface area contributed by atoms with E-state index in [9.17, 15) is 52.7 Å². The van der Waals surface area contributed by atoms with Crippen LogP contribution in [0.4, 0.5) is 52.7 Å². The SMILES string of the molecule is F/C=C\OC(C(F)(F)F)(C(F)(F)F)C(F)(F)C(F)(F)F. The van der Waals surface area contributed by atoms with Crippen molar-refractivity contribution in [2.24, 2.45) is 0 Å². The molecule has 0 fully saturated rings. The highest BCUT2D eigenvalue weighted by atomic mass is 19.4. The molecule has 13 heteroatoms. The highest BCUT2D eigenvalue weighted by Gasteiger charge is 2.91. The Labute approximate surface area is 101 Å². The lowest BCUT2D eigenvalue weighted by molar-refractivity contribution is -0.464. The van der Waals surface area contributed by atoms with Crippen LogP contribution in [-0.4, -0.2) is 30.1 Å². The number of halogens is 12. The summed E-state index contributed by atoms with van der Waals surface area (Å²) in [6, 6.07) is 0. The third kappa shape index (κ3) is 2.61. The van der Waals surface area contributed by atoms with E-state index < -0.39 is 42.6 Å². The minimum Gasteiger partial charge on any atom is -0.469 e. The minimum absolute atomic E-state index is 1.21. The number of alkyl halides is 11. The first-order chi connectivity index (χ1) is 8.56. The molecule has 120 valence electrons. The maximum atomic E-state index is 12.7. The van der Waals surface area contributed by atoms with Gasteiger partial charge in [0.05, 0.1) is 0 Å². The molecule has 0 aliphatic heterocycles. The summed E-state index contributed by atoms with van der Waals surface area (Å²) < 4.78 is 148. The van der Waals surface area contributed by atoms with E-state index >= 15 is 0 Å². The molecular weight excluding hydrogens is 328 g/mol. The Morgan fingerprint density at radius 3 is 1.15 bits per heavy atom. The van der Waals surface area contributed by atoms with Crippen molar-refractivity contribution in [2.75, 3.05) is 0 Å². The molecule has 0 saturated heterocycles. The smallest absolute Gasteiger partial charge is 0.458 e. The molecule has 0 saturated carbocycles. The number of hydrogen-bond donors (Lipinski definition) is 0. The maximum Gasteiger partial charge on any atom is 0.458 e. The molecule has 0 aliphatic rings. The molecule has 0 aromatic carbocycles. The van der Waals surface area contributed by atoms with Gasteiger partial charge in [-0.05, 0) is 0 Å². The third-order valence-corrected chi connectivity index (χ3v) is 1.89. The van der Waals surface area contributed by atoms with E-state index in [1.165, 1.54) is 0 Å². The number of rotatable bonds is 3. The van der Waals surface area contributed by atoms with Crippen molar-refractivity contribution < 1.29 is 57.4 Å². The summed E-state index contributed by atoms with van der Waals surface area (Å²) >= 11 is 0. The van der Waals surface area contributed by atoms with Gasteiger partial charge in [0.25, 0.3) is 0 Å². The topological polar surface area (TPSA) is 9.23 Å². The minimum atomic E-state index is -7.42. The Bertz CT molecular complexity index is 343. The van der Waals surface area contributed by atoms with Gasteiger partial charge < -0.3 is 4.74 Å². The van der Waals surface area contributed by atoms with Gasteiger partial charge in [0.2, 0.25) is 0 Å². The van der Waals surface area contributed by atoms with Crippen molar-refractivity contribution in [1.82, 2.24) is 0 Å². The lowest BCUT2D eigenvalue weighted by Gasteiger charge is -2.41. The van der Waals surface area contributed by atoms with Gasteiger partial charge in [0.1, 0.15) is 12.6 Å². The van der Waals surface area contributed by atoms with Crippen LogP contribution in [0.1, 0.15) is 0 Å². The quantitative estimate of drug-likeness (QED) is 0.547. The zero-order valence-corrected chi connectivity index (χ0v) is 8.60. The fraction of sp³-hybridized carbons (Fsp3) is 0.714. The Hall–Kier alpha value is -1.30. The van der Waals surface area contributed by atoms with Crippen LogP contribution in [0.15, 0.2) is 12.6 Å². The maximum absolute atomic E-state index is 12.7. The summed E-state index contributed by atoms with van der Waals surface area (Å²) in [5.74, 6) is -7.42. The van der Waals surface area contributed by atoms with Crippen LogP contribution in [-0.2, 0) is 4.74 Å². The van der Waals surface area contributed by atoms with Crippen molar-refractivity contribution >= 4 is 0 Å². The first-order valence-corrected chi connectivity index (χ1v) is 4.07. The summed E-state index contributed by atoms with van der Waals surface area (Å²) in [6.45, 7) is 0. The summed E-state index contributed by atoms with van der Waals surface area (Å²) in [7, 11) is 0. The average molecular weight is 330 g/mol. The van der Waals surface area contributed by atoms with E-state index in [1.54, 1.807) is 0 Å². The fourth-order valence-electron chi connectivity index (χ4n) is 1.05. The zero-order valence-electron chi connectivity index (χ0n) is 8.60. The van der Waals surface area contributed by atoms with Gasteiger partial charge in [-0.2, -0.15) is 48.3 Å². The van der Waals surface area contributed by atoms with Crippen LogP contribution in [0.25, 0.3) is 0 Å². The van der Waals surface area contributed by atoms with Gasteiger partial charge >= 0.3 is 30.1 Å². The lowest BCUT2D eigenvalue weighted by Crippen LogP contribution is -2.72. The van der Waals surface area contributed by atoms with Crippen LogP contribution >= 0.6 is 0 Å². The van der Waals surface area contributed by atoms with E-state index in [4.69, 9.17) is 0 Å². The van der Waals surface area contributed by atoms with Gasteiger partial charge in [-0.25, -0.2) is 4.39 Å². The summed E-state index contributed by atoms with van der Waals surface area (Å²) in [5.41, 5.74) is -6.98. The predicted octanol–water partition coefficient (Wildman–Crippen LogP) is 4.50. The molecule has 0 spiro atoms. The Morgan fingerprint density at radius 1 is 0.600 bits per heavy atom. The predicted molar refractivity (Wildman–Crippen MR) is 37.2 cm³/mol. The lowest BCUT2D eigenvalue weighted by atomic mass is 9.92. The highest BCUT2D eigenvalue weighted by molar-refractivity contribution is 5.10. The second kappa shape index (κ2) is 4.91. The zero-order chi connectivity index (χ0) is 16.6. The van der Waals surface area contributed by atoms with Gasteiger partial charge in [-0.15, -0.1) is 0 Å². The van der Waals surface area contributed by atoms with Gasteiger partial charge in [0, 0.05) is 0 Å². The van der Waals surface area contributed by atoms with E-state index in [-0.39, 0.29) is 0 Å². The average Bonchev–Trinajstić information content (AvgIpc) is 2.11. The van der Waals surface area contributed by atoms with Crippen LogP contribution in [0.3, 0.4) is 0 Å². The second-order valence-corrected chi connectivity index (χ2v) is 3.13. The van der Waals surface area contributed by atoms with Crippen molar-refractivity contribution in [3.8, 4) is 0 Å². The second-order valence-electron chi connectivity index (χ2n) is 3.13. The van der Waals surface area contributed by atoms with Crippen molar-refractivity contribution in [2.45, 2.75) is 30.1 Å². The molecule has 0 radical (unpaired) electrons. The normalized spacial score (nSPS) is 15.8. The summed E-state index contributed by atoms with van der Waals surface area (Å²) in [4.78, 5) is 0. The number of hydrogen-bond acceptors (Lipinski definition) is 1. The first kappa shape index (κ1) is 18.7. The molecular formula is C7H2F12O. The van der Waals surface area contributed by atoms with Crippen LogP contribution in [0.2, 0.25) is 0 Å². The summed E-state index contributed by atoms with van der Waals surface area (Å²) in [5, 5.41) is 0. The van der Waals surface area contributed by atoms with Crippen molar-refractivity contribution in [1.29, 1.82) is 0 Å². The third-order valence-electron chi connectivity index (χ3n) is 1.89. The number of ether oxygens (including phenoxy) is 1. The van der Waals surface area contributed by atoms with Crippen LogP contribution in [0, 0.1) is 0 Å². The summed E-state index contributed by atoms with van der Waals surface area (Å²) in [6.07, 6.45) is -24.2. The van der Waals surface area contributed by atoms with Crippen molar-refractivity contribution in [3.63, 3.8) is 0 Å². The molecule has 0 amide bonds. The van der Waals surface area contributed by atoms with E-state index in [0.717, 1.165) is 0 Å². The van der Waals surface area contributed by atoms with E-state index in [1.807, 2.05) is 0 Å². The highest BCUT2D eigenvalue weighted by Crippen LogP contribution is 2.59. The molecule has 0 aromatic rings. The molecule has 0 unspecified atom stereocenters.